The molecular weight excluding hydrogens is 436 g/mol. The molecule has 2 amide bonds. The van der Waals surface area contributed by atoms with E-state index >= 15 is 0 Å². The molecule has 154 valence electrons. The second-order valence-corrected chi connectivity index (χ2v) is 10.1. The van der Waals surface area contributed by atoms with Gasteiger partial charge in [-0.15, -0.1) is 10.2 Å². The van der Waals surface area contributed by atoms with E-state index in [1.165, 1.54) is 34.9 Å². The number of nitrogens with one attached hydrogen (secondary N) is 2. The van der Waals surface area contributed by atoms with Gasteiger partial charge in [0, 0.05) is 12.1 Å². The van der Waals surface area contributed by atoms with Crippen molar-refractivity contribution in [1.82, 2.24) is 20.5 Å². The van der Waals surface area contributed by atoms with E-state index in [0.717, 1.165) is 0 Å². The predicted molar refractivity (Wildman–Crippen MR) is 110 cm³/mol. The van der Waals surface area contributed by atoms with Crippen molar-refractivity contribution < 1.29 is 18.6 Å². The van der Waals surface area contributed by atoms with Crippen LogP contribution in [0.4, 0.5) is 11.6 Å². The monoisotopic (exact) mass is 454 g/mol. The fraction of sp³-hybridized carbons (Fsp3) is 0.375. The molecule has 0 saturated carbocycles. The van der Waals surface area contributed by atoms with E-state index in [0.29, 0.717) is 31.8 Å². The van der Waals surface area contributed by atoms with Gasteiger partial charge in [-0.2, -0.15) is 0 Å². The summed E-state index contributed by atoms with van der Waals surface area (Å²) in [5.74, 6) is 1.53. The SMILES string of the molecule is Cc1cc(NC(=O)[C@H](C)Sc2nnc(S[C@@H](C)C(=O)Nc3cc(C)on3)s2)no1. The van der Waals surface area contributed by atoms with Crippen LogP contribution < -0.4 is 10.6 Å². The number of rotatable bonds is 8. The van der Waals surface area contributed by atoms with E-state index < -0.39 is 10.5 Å². The minimum atomic E-state index is -0.408. The number of hydrogen-bond donors (Lipinski definition) is 2. The Labute approximate surface area is 178 Å². The number of nitrogens with zero attached hydrogens (tertiary/aromatic N) is 4. The summed E-state index contributed by atoms with van der Waals surface area (Å²) < 4.78 is 11.1. The van der Waals surface area contributed by atoms with Gasteiger partial charge in [-0.25, -0.2) is 0 Å². The molecule has 10 nitrogen and oxygen atoms in total. The van der Waals surface area contributed by atoms with Crippen molar-refractivity contribution in [2.24, 2.45) is 0 Å². The molecule has 0 fully saturated rings. The maximum atomic E-state index is 12.2. The van der Waals surface area contributed by atoms with Crippen molar-refractivity contribution in [3.63, 3.8) is 0 Å². The molecule has 0 radical (unpaired) electrons. The summed E-state index contributed by atoms with van der Waals surface area (Å²) in [6, 6.07) is 3.28. The predicted octanol–water partition coefficient (Wildman–Crippen LogP) is 3.37. The molecule has 0 saturated heterocycles. The molecule has 3 aromatic rings. The average Bonchev–Trinajstić information content (AvgIpc) is 3.38. The second kappa shape index (κ2) is 9.41. The highest BCUT2D eigenvalue weighted by Gasteiger charge is 2.21. The summed E-state index contributed by atoms with van der Waals surface area (Å²) in [5, 5.41) is 20.2. The number of carbonyl (C=O) groups excluding carboxylic acids is 2. The quantitative estimate of drug-likeness (QED) is 0.487. The lowest BCUT2D eigenvalue weighted by Gasteiger charge is -2.08. The molecular formula is C16H18N6O4S3. The fourth-order valence-corrected chi connectivity index (χ4v) is 5.32. The maximum absolute atomic E-state index is 12.2. The minimum Gasteiger partial charge on any atom is -0.360 e. The molecule has 0 spiro atoms. The molecule has 0 aromatic carbocycles. The average molecular weight is 455 g/mol. The summed E-state index contributed by atoms with van der Waals surface area (Å²) in [6.45, 7) is 7.01. The van der Waals surface area contributed by atoms with Crippen molar-refractivity contribution in [1.29, 1.82) is 0 Å². The van der Waals surface area contributed by atoms with Crippen molar-refractivity contribution in [2.45, 2.75) is 46.9 Å². The van der Waals surface area contributed by atoms with Crippen molar-refractivity contribution in [3.05, 3.63) is 23.7 Å². The first-order valence-electron chi connectivity index (χ1n) is 8.45. The largest absolute Gasteiger partial charge is 0.360 e. The van der Waals surface area contributed by atoms with Crippen LogP contribution in [0.1, 0.15) is 25.4 Å². The lowest BCUT2D eigenvalue weighted by atomic mass is 10.4. The van der Waals surface area contributed by atoms with Crippen LogP contribution in [-0.4, -0.2) is 42.8 Å². The highest BCUT2D eigenvalue weighted by atomic mass is 32.2. The first-order chi connectivity index (χ1) is 13.8. The van der Waals surface area contributed by atoms with E-state index in [1.54, 1.807) is 39.8 Å². The Morgan fingerprint density at radius 1 is 0.897 bits per heavy atom. The van der Waals surface area contributed by atoms with E-state index in [1.807, 2.05) is 0 Å². The Balaban J connectivity index is 1.50. The van der Waals surface area contributed by atoms with Gasteiger partial charge in [0.25, 0.3) is 0 Å². The Kier molecular flexibility index (Phi) is 6.92. The van der Waals surface area contributed by atoms with Crippen molar-refractivity contribution in [3.8, 4) is 0 Å². The first-order valence-corrected chi connectivity index (χ1v) is 11.0. The smallest absolute Gasteiger partial charge is 0.238 e. The van der Waals surface area contributed by atoms with Gasteiger partial charge in [0.15, 0.2) is 20.3 Å². The lowest BCUT2D eigenvalue weighted by Crippen LogP contribution is -2.22. The van der Waals surface area contributed by atoms with Crippen molar-refractivity contribution in [2.75, 3.05) is 10.6 Å². The Hall–Kier alpha value is -2.38. The van der Waals surface area contributed by atoms with E-state index in [4.69, 9.17) is 9.05 Å². The number of carbonyl (C=O) groups is 2. The highest BCUT2D eigenvalue weighted by Crippen LogP contribution is 2.33. The number of thioether (sulfide) groups is 2. The molecule has 0 aliphatic heterocycles. The third kappa shape index (κ3) is 6.05. The summed E-state index contributed by atoms with van der Waals surface area (Å²) in [4.78, 5) is 24.5. The second-order valence-electron chi connectivity index (χ2n) is 5.98. The number of hydrogen-bond acceptors (Lipinski definition) is 11. The molecule has 0 aliphatic carbocycles. The van der Waals surface area contributed by atoms with Gasteiger partial charge in [0.2, 0.25) is 11.8 Å². The van der Waals surface area contributed by atoms with Crippen LogP contribution in [0.2, 0.25) is 0 Å². The van der Waals surface area contributed by atoms with Crippen LogP contribution in [0.5, 0.6) is 0 Å². The zero-order valence-electron chi connectivity index (χ0n) is 16.0. The van der Waals surface area contributed by atoms with Gasteiger partial charge in [-0.3, -0.25) is 9.59 Å². The van der Waals surface area contributed by atoms with Crippen LogP contribution in [0, 0.1) is 13.8 Å². The van der Waals surface area contributed by atoms with Crippen LogP contribution >= 0.6 is 34.9 Å². The Morgan fingerprint density at radius 3 is 1.66 bits per heavy atom. The molecule has 3 rings (SSSR count). The molecule has 2 N–H and O–H groups in total. The van der Waals surface area contributed by atoms with E-state index in [2.05, 4.69) is 31.1 Å². The number of amides is 2. The van der Waals surface area contributed by atoms with Gasteiger partial charge in [0.05, 0.1) is 10.5 Å². The van der Waals surface area contributed by atoms with Gasteiger partial charge < -0.3 is 19.7 Å². The van der Waals surface area contributed by atoms with Crippen molar-refractivity contribution >= 4 is 58.3 Å². The summed E-state index contributed by atoms with van der Waals surface area (Å²) in [5.41, 5.74) is 0. The third-order valence-electron chi connectivity index (χ3n) is 3.44. The summed E-state index contributed by atoms with van der Waals surface area (Å²) in [7, 11) is 0. The Morgan fingerprint density at radius 2 is 1.31 bits per heavy atom. The zero-order valence-corrected chi connectivity index (χ0v) is 18.4. The van der Waals surface area contributed by atoms with Crippen LogP contribution in [-0.2, 0) is 9.59 Å². The lowest BCUT2D eigenvalue weighted by molar-refractivity contribution is -0.116. The third-order valence-corrected chi connectivity index (χ3v) is 6.73. The molecule has 2 atom stereocenters. The molecule has 0 bridgehead atoms. The topological polar surface area (TPSA) is 136 Å². The van der Waals surface area contributed by atoms with Gasteiger partial charge in [0.1, 0.15) is 11.5 Å². The summed E-state index contributed by atoms with van der Waals surface area (Å²) >= 11 is 3.88. The van der Waals surface area contributed by atoms with E-state index in [9.17, 15) is 9.59 Å². The molecule has 0 unspecified atom stereocenters. The first kappa shape index (κ1) is 21.3. The number of anilines is 2. The molecule has 13 heteroatoms. The van der Waals surface area contributed by atoms with Gasteiger partial charge >= 0.3 is 0 Å². The standard InChI is InChI=1S/C16H18N6O4S3/c1-7-5-11(21-25-7)17-13(23)9(3)27-15-19-20-16(29-15)28-10(4)14(24)18-12-6-8(2)26-22-12/h5-6,9-10H,1-4H3,(H,17,21,23)(H,18,22,24)/t9-,10-/m0/s1. The fourth-order valence-electron chi connectivity index (χ4n) is 2.01. The zero-order chi connectivity index (χ0) is 21.0. The van der Waals surface area contributed by atoms with Crippen LogP contribution in [0.3, 0.4) is 0 Å². The van der Waals surface area contributed by atoms with Gasteiger partial charge in [-0.05, 0) is 27.7 Å². The summed E-state index contributed by atoms with van der Waals surface area (Å²) in [6.07, 6.45) is 0. The van der Waals surface area contributed by atoms with E-state index in [-0.39, 0.29) is 11.8 Å². The maximum Gasteiger partial charge on any atom is 0.238 e. The van der Waals surface area contributed by atoms with Gasteiger partial charge in [-0.1, -0.05) is 45.2 Å². The minimum absolute atomic E-state index is 0.219. The number of aryl methyl sites for hydroxylation is 2. The van der Waals surface area contributed by atoms with Crippen LogP contribution in [0.15, 0.2) is 29.9 Å². The highest BCUT2D eigenvalue weighted by molar-refractivity contribution is 8.04. The Bertz CT molecular complexity index is 924. The van der Waals surface area contributed by atoms with Crippen LogP contribution in [0.25, 0.3) is 0 Å². The normalized spacial score (nSPS) is 13.1. The molecule has 3 heterocycles. The molecule has 3 aromatic heterocycles. The molecule has 29 heavy (non-hydrogen) atoms. The molecule has 0 aliphatic rings. The number of aromatic nitrogens is 4.